The molecule has 0 fully saturated rings. The van der Waals surface area contributed by atoms with E-state index in [2.05, 4.69) is 29.4 Å². The van der Waals surface area contributed by atoms with Crippen molar-refractivity contribution >= 4 is 29.0 Å². The molecule has 0 unspecified atom stereocenters. The molecule has 0 aliphatic rings. The maximum absolute atomic E-state index is 12.9. The topological polar surface area (TPSA) is 73.9 Å². The van der Waals surface area contributed by atoms with E-state index in [1.54, 1.807) is 35.6 Å². The molecule has 164 valence electrons. The molecule has 30 heavy (non-hydrogen) atoms. The van der Waals surface area contributed by atoms with Gasteiger partial charge in [-0.2, -0.15) is 0 Å². The van der Waals surface area contributed by atoms with E-state index in [1.165, 1.54) is 0 Å². The summed E-state index contributed by atoms with van der Waals surface area (Å²) in [5.41, 5.74) is 0.685. The molecule has 2 N–H and O–H groups in total. The lowest BCUT2D eigenvalue weighted by Crippen LogP contribution is -2.40. The molecule has 2 aromatic rings. The normalized spacial score (nSPS) is 10.7. The molecule has 1 aromatic heterocycles. The van der Waals surface area contributed by atoms with E-state index < -0.39 is 0 Å². The Hall–Kier alpha value is -2.58. The van der Waals surface area contributed by atoms with Crippen LogP contribution in [0.4, 0.5) is 10.5 Å². The van der Waals surface area contributed by atoms with E-state index in [1.807, 2.05) is 29.3 Å². The van der Waals surface area contributed by atoms with Gasteiger partial charge in [-0.05, 0) is 55.7 Å². The summed E-state index contributed by atoms with van der Waals surface area (Å²) in [4.78, 5) is 29.7. The van der Waals surface area contributed by atoms with Crippen molar-refractivity contribution in [2.75, 3.05) is 44.6 Å². The van der Waals surface area contributed by atoms with Crippen LogP contribution >= 0.6 is 11.3 Å². The van der Waals surface area contributed by atoms with Gasteiger partial charge in [0.15, 0.2) is 6.61 Å². The largest absolute Gasteiger partial charge is 0.484 e. The predicted molar refractivity (Wildman–Crippen MR) is 122 cm³/mol. The van der Waals surface area contributed by atoms with Crippen LogP contribution in [0.2, 0.25) is 0 Å². The van der Waals surface area contributed by atoms with Crippen LogP contribution in [-0.2, 0) is 11.3 Å². The first-order valence-corrected chi connectivity index (χ1v) is 11.2. The summed E-state index contributed by atoms with van der Waals surface area (Å²) in [5, 5.41) is 7.67. The van der Waals surface area contributed by atoms with Gasteiger partial charge in [0.05, 0.1) is 6.54 Å². The number of amides is 3. The summed E-state index contributed by atoms with van der Waals surface area (Å²) in [6.07, 6.45) is 0. The first kappa shape index (κ1) is 23.7. The number of rotatable bonds is 12. The van der Waals surface area contributed by atoms with E-state index in [-0.39, 0.29) is 18.5 Å². The molecule has 7 nitrogen and oxygen atoms in total. The number of likely N-dealkylation sites (N-methyl/N-ethyl adjacent to an activating group) is 2. The van der Waals surface area contributed by atoms with Crippen LogP contribution in [0.1, 0.15) is 25.6 Å². The molecule has 0 saturated carbocycles. The number of benzene rings is 1. The molecule has 0 bridgehead atoms. The SMILES string of the molecule is CCNC(=O)COc1ccc(NC(=O)N(CCN(CC)CC)Cc2cccs2)cc1. The molecule has 8 heteroatoms. The molecule has 0 spiro atoms. The summed E-state index contributed by atoms with van der Waals surface area (Å²) in [6.45, 7) is 10.6. The summed E-state index contributed by atoms with van der Waals surface area (Å²) < 4.78 is 5.45. The summed E-state index contributed by atoms with van der Waals surface area (Å²) in [7, 11) is 0. The second-order valence-corrected chi connectivity index (χ2v) is 7.76. The predicted octanol–water partition coefficient (Wildman–Crippen LogP) is 3.64. The lowest BCUT2D eigenvalue weighted by Gasteiger charge is -2.26. The van der Waals surface area contributed by atoms with Crippen molar-refractivity contribution in [3.8, 4) is 5.75 Å². The van der Waals surface area contributed by atoms with Gasteiger partial charge >= 0.3 is 6.03 Å². The molecule has 1 aromatic carbocycles. The molecule has 0 aliphatic heterocycles. The van der Waals surface area contributed by atoms with E-state index in [0.717, 1.165) is 24.5 Å². The van der Waals surface area contributed by atoms with Crippen LogP contribution < -0.4 is 15.4 Å². The minimum absolute atomic E-state index is 0.0283. The number of urea groups is 1. The Balaban J connectivity index is 1.95. The summed E-state index contributed by atoms with van der Waals surface area (Å²) >= 11 is 1.65. The van der Waals surface area contributed by atoms with Crippen molar-refractivity contribution in [3.05, 3.63) is 46.7 Å². The minimum atomic E-state index is -0.160. The fourth-order valence-corrected chi connectivity index (χ4v) is 3.60. The molecule has 0 atom stereocenters. The van der Waals surface area contributed by atoms with Crippen LogP contribution in [0.15, 0.2) is 41.8 Å². The maximum Gasteiger partial charge on any atom is 0.322 e. The average molecular weight is 433 g/mol. The maximum atomic E-state index is 12.9. The van der Waals surface area contributed by atoms with Crippen molar-refractivity contribution in [2.24, 2.45) is 0 Å². The molecule has 0 radical (unpaired) electrons. The highest BCUT2D eigenvalue weighted by molar-refractivity contribution is 7.09. The lowest BCUT2D eigenvalue weighted by atomic mass is 10.3. The molecule has 0 aliphatic carbocycles. The van der Waals surface area contributed by atoms with E-state index in [0.29, 0.717) is 31.1 Å². The number of carbonyl (C=O) groups excluding carboxylic acids is 2. The van der Waals surface area contributed by atoms with Crippen molar-refractivity contribution < 1.29 is 14.3 Å². The number of thiophene rings is 1. The van der Waals surface area contributed by atoms with Crippen LogP contribution in [0.3, 0.4) is 0 Å². The monoisotopic (exact) mass is 432 g/mol. The van der Waals surface area contributed by atoms with E-state index in [9.17, 15) is 9.59 Å². The highest BCUT2D eigenvalue weighted by Gasteiger charge is 2.16. The second-order valence-electron chi connectivity index (χ2n) is 6.72. The van der Waals surface area contributed by atoms with Crippen LogP contribution in [0.25, 0.3) is 0 Å². The van der Waals surface area contributed by atoms with E-state index in [4.69, 9.17) is 4.74 Å². The van der Waals surface area contributed by atoms with Crippen LogP contribution in [0, 0.1) is 0 Å². The van der Waals surface area contributed by atoms with Crippen molar-refractivity contribution in [1.29, 1.82) is 0 Å². The first-order chi connectivity index (χ1) is 14.5. The molecule has 2 rings (SSSR count). The van der Waals surface area contributed by atoms with Gasteiger partial charge in [0.1, 0.15) is 5.75 Å². The van der Waals surface area contributed by atoms with Gasteiger partial charge in [0, 0.05) is 30.2 Å². The third-order valence-corrected chi connectivity index (χ3v) is 5.51. The highest BCUT2D eigenvalue weighted by Crippen LogP contribution is 2.17. The molecular formula is C22H32N4O3S. The minimum Gasteiger partial charge on any atom is -0.484 e. The molecular weight excluding hydrogens is 400 g/mol. The Bertz CT molecular complexity index is 761. The van der Waals surface area contributed by atoms with Gasteiger partial charge in [-0.3, -0.25) is 4.79 Å². The van der Waals surface area contributed by atoms with Gasteiger partial charge in [0.25, 0.3) is 5.91 Å². The molecule has 3 amide bonds. The van der Waals surface area contributed by atoms with Gasteiger partial charge in [0.2, 0.25) is 0 Å². The van der Waals surface area contributed by atoms with Crippen LogP contribution in [-0.4, -0.2) is 61.1 Å². The zero-order valence-corrected chi connectivity index (χ0v) is 18.8. The van der Waals surface area contributed by atoms with Gasteiger partial charge in [-0.1, -0.05) is 19.9 Å². The molecule has 0 saturated heterocycles. The van der Waals surface area contributed by atoms with E-state index >= 15 is 0 Å². The van der Waals surface area contributed by atoms with Crippen LogP contribution in [0.5, 0.6) is 5.75 Å². The van der Waals surface area contributed by atoms with Crippen molar-refractivity contribution in [1.82, 2.24) is 15.1 Å². The van der Waals surface area contributed by atoms with Gasteiger partial charge < -0.3 is 25.2 Å². The van der Waals surface area contributed by atoms with Crippen molar-refractivity contribution in [2.45, 2.75) is 27.3 Å². The fourth-order valence-electron chi connectivity index (χ4n) is 2.88. The Morgan fingerprint density at radius 1 is 1.03 bits per heavy atom. The highest BCUT2D eigenvalue weighted by atomic mass is 32.1. The third-order valence-electron chi connectivity index (χ3n) is 4.64. The summed E-state index contributed by atoms with van der Waals surface area (Å²) in [6, 6.07) is 11.0. The Morgan fingerprint density at radius 3 is 2.37 bits per heavy atom. The summed E-state index contributed by atoms with van der Waals surface area (Å²) in [5.74, 6) is 0.420. The number of nitrogens with zero attached hydrogens (tertiary/aromatic N) is 2. The number of ether oxygens (including phenoxy) is 1. The quantitative estimate of drug-likeness (QED) is 0.537. The molecule has 1 heterocycles. The average Bonchev–Trinajstić information content (AvgIpc) is 3.26. The Kier molecular flexibility index (Phi) is 10.2. The zero-order chi connectivity index (χ0) is 21.8. The number of hydrogen-bond acceptors (Lipinski definition) is 5. The Labute approximate surface area is 183 Å². The lowest BCUT2D eigenvalue weighted by molar-refractivity contribution is -0.122. The first-order valence-electron chi connectivity index (χ1n) is 10.4. The Morgan fingerprint density at radius 2 is 1.77 bits per heavy atom. The second kappa shape index (κ2) is 12.9. The number of anilines is 1. The number of hydrogen-bond donors (Lipinski definition) is 2. The van der Waals surface area contributed by atoms with Crippen molar-refractivity contribution in [3.63, 3.8) is 0 Å². The van der Waals surface area contributed by atoms with Gasteiger partial charge in [-0.15, -0.1) is 11.3 Å². The third kappa shape index (κ3) is 8.04. The fraction of sp³-hybridized carbons (Fsp3) is 0.455. The number of nitrogens with one attached hydrogen (secondary N) is 2. The zero-order valence-electron chi connectivity index (χ0n) is 18.0. The number of carbonyl (C=O) groups is 2. The smallest absolute Gasteiger partial charge is 0.322 e. The standard InChI is InChI=1S/C22H32N4O3S/c1-4-23-21(27)17-29-19-11-9-18(10-12-19)24-22(28)26(14-13-25(5-2)6-3)16-20-8-7-15-30-20/h7-12,15H,4-6,13-14,16-17H2,1-3H3,(H,23,27)(H,24,28). The van der Waals surface area contributed by atoms with Gasteiger partial charge in [-0.25, -0.2) is 4.79 Å².